The van der Waals surface area contributed by atoms with Gasteiger partial charge in [0.2, 0.25) is 0 Å². The van der Waals surface area contributed by atoms with E-state index in [4.69, 9.17) is 0 Å². The monoisotopic (exact) mass is 302 g/mol. The fourth-order valence-corrected chi connectivity index (χ4v) is 2.08. The molecule has 0 aliphatic heterocycles. The highest BCUT2D eigenvalue weighted by Crippen LogP contribution is 2.26. The van der Waals surface area contributed by atoms with Crippen LogP contribution in [0, 0.1) is 0 Å². The third-order valence-corrected chi connectivity index (χ3v) is 3.19. The van der Waals surface area contributed by atoms with Gasteiger partial charge in [-0.15, -0.1) is 11.3 Å². The average Bonchev–Trinajstić information content (AvgIpc) is 2.54. The predicted molar refractivity (Wildman–Crippen MR) is 57.2 cm³/mol. The molecule has 1 atom stereocenters. The van der Waals surface area contributed by atoms with Crippen molar-refractivity contribution >= 4 is 27.3 Å². The summed E-state index contributed by atoms with van der Waals surface area (Å²) in [6.45, 7) is 0.350. The zero-order chi connectivity index (χ0) is 11.5. The topological polar surface area (TPSA) is 16.1 Å². The molecule has 1 heterocycles. The Kier molecular flexibility index (Phi) is 4.54. The zero-order valence-corrected chi connectivity index (χ0v) is 10.4. The summed E-state index contributed by atoms with van der Waals surface area (Å²) in [4.78, 5) is 4.10. The molecule has 1 aromatic rings. The molecule has 1 aromatic heterocycles. The Morgan fingerprint density at radius 1 is 1.60 bits per heavy atom. The first-order valence-corrected chi connectivity index (χ1v) is 6.02. The minimum Gasteiger partial charge on any atom is -0.299 e. The van der Waals surface area contributed by atoms with E-state index in [2.05, 4.69) is 20.9 Å². The van der Waals surface area contributed by atoms with Crippen LogP contribution in [-0.2, 0) is 6.54 Å². The largest absolute Gasteiger partial charge is 0.402 e. The highest BCUT2D eigenvalue weighted by Gasteiger charge is 2.38. The summed E-state index contributed by atoms with van der Waals surface area (Å²) >= 11 is 4.05. The van der Waals surface area contributed by atoms with Crippen molar-refractivity contribution in [2.75, 3.05) is 13.6 Å². The lowest BCUT2D eigenvalue weighted by molar-refractivity contribution is -0.130. The van der Waals surface area contributed by atoms with Crippen molar-refractivity contribution in [3.63, 3.8) is 0 Å². The maximum Gasteiger partial charge on any atom is 0.402 e. The van der Waals surface area contributed by atoms with Crippen molar-refractivity contribution < 1.29 is 13.2 Å². The molecule has 1 unspecified atom stereocenters. The standard InChI is InChI=1S/C8H10BrF3N2S/c1-14(2-6-4-15-5-13-6)3-7(9)8(10,11)12/h4-5,7H,2-3H2,1H3. The normalized spacial score (nSPS) is 14.5. The highest BCUT2D eigenvalue weighted by atomic mass is 79.9. The zero-order valence-electron chi connectivity index (χ0n) is 7.96. The minimum absolute atomic E-state index is 0.0823. The fraction of sp³-hybridized carbons (Fsp3) is 0.625. The quantitative estimate of drug-likeness (QED) is 0.795. The molecule has 0 N–H and O–H groups in total. The summed E-state index contributed by atoms with van der Waals surface area (Å²) in [6, 6.07) is 0. The molecule has 0 amide bonds. The van der Waals surface area contributed by atoms with E-state index < -0.39 is 11.0 Å². The lowest BCUT2D eigenvalue weighted by Gasteiger charge is -2.21. The van der Waals surface area contributed by atoms with Crippen LogP contribution in [0.15, 0.2) is 10.9 Å². The second-order valence-electron chi connectivity index (χ2n) is 3.19. The number of halogens is 4. The van der Waals surface area contributed by atoms with Crippen LogP contribution >= 0.6 is 27.3 Å². The number of alkyl halides is 4. The van der Waals surface area contributed by atoms with Gasteiger partial charge in [0, 0.05) is 18.5 Å². The molecule has 1 rings (SSSR count). The van der Waals surface area contributed by atoms with E-state index in [-0.39, 0.29) is 6.54 Å². The SMILES string of the molecule is CN(Cc1cscn1)CC(Br)C(F)(F)F. The molecule has 7 heteroatoms. The second-order valence-corrected chi connectivity index (χ2v) is 5.01. The maximum atomic E-state index is 12.2. The van der Waals surface area contributed by atoms with Crippen LogP contribution in [0.3, 0.4) is 0 Å². The van der Waals surface area contributed by atoms with Crippen molar-refractivity contribution in [3.8, 4) is 0 Å². The van der Waals surface area contributed by atoms with Crippen molar-refractivity contribution in [2.24, 2.45) is 0 Å². The molecule has 0 saturated heterocycles. The third kappa shape index (κ3) is 4.48. The summed E-state index contributed by atoms with van der Waals surface area (Å²) in [5.74, 6) is 0. The van der Waals surface area contributed by atoms with Gasteiger partial charge in [-0.25, -0.2) is 4.98 Å². The van der Waals surface area contributed by atoms with E-state index >= 15 is 0 Å². The molecule has 2 nitrogen and oxygen atoms in total. The Balaban J connectivity index is 2.39. The van der Waals surface area contributed by atoms with Gasteiger partial charge in [0.25, 0.3) is 0 Å². The van der Waals surface area contributed by atoms with Gasteiger partial charge >= 0.3 is 6.18 Å². The Hall–Kier alpha value is -0.140. The molecule has 15 heavy (non-hydrogen) atoms. The highest BCUT2D eigenvalue weighted by molar-refractivity contribution is 9.09. The molecule has 0 aliphatic carbocycles. The summed E-state index contributed by atoms with van der Waals surface area (Å²) in [6.07, 6.45) is -4.20. The summed E-state index contributed by atoms with van der Waals surface area (Å²) in [5, 5.41) is 1.83. The first kappa shape index (κ1) is 12.9. The fourth-order valence-electron chi connectivity index (χ4n) is 1.03. The third-order valence-electron chi connectivity index (χ3n) is 1.74. The van der Waals surface area contributed by atoms with Gasteiger partial charge in [0.1, 0.15) is 4.83 Å². The van der Waals surface area contributed by atoms with Crippen LogP contribution in [0.25, 0.3) is 0 Å². The van der Waals surface area contributed by atoms with Crippen molar-refractivity contribution in [1.29, 1.82) is 0 Å². The summed E-state index contributed by atoms with van der Waals surface area (Å²) < 4.78 is 36.6. The molecule has 0 aromatic carbocycles. The van der Waals surface area contributed by atoms with Crippen LogP contribution in [-0.4, -0.2) is 34.5 Å². The average molecular weight is 303 g/mol. The Bertz CT molecular complexity index is 289. The van der Waals surface area contributed by atoms with Crippen LogP contribution < -0.4 is 0 Å². The number of rotatable bonds is 4. The number of hydrogen-bond acceptors (Lipinski definition) is 3. The van der Waals surface area contributed by atoms with Crippen LogP contribution in [0.4, 0.5) is 13.2 Å². The molecular formula is C8H10BrF3N2S. The Morgan fingerprint density at radius 3 is 2.73 bits per heavy atom. The number of nitrogens with zero attached hydrogens (tertiary/aromatic N) is 2. The number of thiazole rings is 1. The lowest BCUT2D eigenvalue weighted by Crippen LogP contribution is -2.35. The van der Waals surface area contributed by atoms with Crippen LogP contribution in [0.2, 0.25) is 0 Å². The van der Waals surface area contributed by atoms with E-state index in [1.807, 2.05) is 5.38 Å². The molecule has 0 saturated carbocycles. The molecule has 0 fully saturated rings. The molecule has 0 radical (unpaired) electrons. The van der Waals surface area contributed by atoms with Crippen LogP contribution in [0.1, 0.15) is 5.69 Å². The number of aromatic nitrogens is 1. The first-order valence-electron chi connectivity index (χ1n) is 4.16. The van der Waals surface area contributed by atoms with Gasteiger partial charge in [-0.1, -0.05) is 15.9 Å². The van der Waals surface area contributed by atoms with Gasteiger partial charge in [0.15, 0.2) is 0 Å². The minimum atomic E-state index is -4.20. The van der Waals surface area contributed by atoms with E-state index in [1.54, 1.807) is 17.5 Å². The molecule has 0 aliphatic rings. The van der Waals surface area contributed by atoms with E-state index in [0.29, 0.717) is 6.54 Å². The van der Waals surface area contributed by atoms with Gasteiger partial charge in [-0.3, -0.25) is 4.90 Å². The first-order chi connectivity index (χ1) is 6.89. The van der Waals surface area contributed by atoms with E-state index in [0.717, 1.165) is 5.69 Å². The molecule has 0 bridgehead atoms. The molecular weight excluding hydrogens is 293 g/mol. The van der Waals surface area contributed by atoms with Crippen molar-refractivity contribution in [3.05, 3.63) is 16.6 Å². The predicted octanol–water partition coefficient (Wildman–Crippen LogP) is 2.90. The lowest BCUT2D eigenvalue weighted by atomic mass is 10.3. The van der Waals surface area contributed by atoms with Gasteiger partial charge < -0.3 is 0 Å². The number of hydrogen-bond donors (Lipinski definition) is 0. The van der Waals surface area contributed by atoms with Gasteiger partial charge in [-0.05, 0) is 7.05 Å². The van der Waals surface area contributed by atoms with Gasteiger partial charge in [-0.2, -0.15) is 13.2 Å². The maximum absolute atomic E-state index is 12.2. The second kappa shape index (κ2) is 5.27. The Morgan fingerprint density at radius 2 is 2.27 bits per heavy atom. The smallest absolute Gasteiger partial charge is 0.299 e. The van der Waals surface area contributed by atoms with Crippen LogP contribution in [0.5, 0.6) is 0 Å². The summed E-state index contributed by atoms with van der Waals surface area (Å²) in [5.41, 5.74) is 2.46. The van der Waals surface area contributed by atoms with Gasteiger partial charge in [0.05, 0.1) is 11.2 Å². The Labute approximate surface area is 98.2 Å². The molecule has 86 valence electrons. The van der Waals surface area contributed by atoms with Crippen molar-refractivity contribution in [1.82, 2.24) is 9.88 Å². The van der Waals surface area contributed by atoms with E-state index in [1.165, 1.54) is 11.3 Å². The summed E-state index contributed by atoms with van der Waals surface area (Å²) in [7, 11) is 1.64. The molecule has 0 spiro atoms. The van der Waals surface area contributed by atoms with Crippen molar-refractivity contribution in [2.45, 2.75) is 17.5 Å². The van der Waals surface area contributed by atoms with E-state index in [9.17, 15) is 13.2 Å².